The number of hydrogen-bond acceptors (Lipinski definition) is 2. The first-order valence-electron chi connectivity index (χ1n) is 2.01. The molecule has 3 heteroatoms. The van der Waals surface area contributed by atoms with Gasteiger partial charge in [0.05, 0.1) is 15.4 Å². The molecular weight excluding hydrogens is 99.0 g/mol. The predicted molar refractivity (Wildman–Crippen MR) is 24.8 cm³/mol. The SMILES string of the molecule is C1COOPC1. The summed E-state index contributed by atoms with van der Waals surface area (Å²) in [4.78, 5) is 4.58. The summed E-state index contributed by atoms with van der Waals surface area (Å²) in [5, 5.41) is 0. The van der Waals surface area contributed by atoms with Gasteiger partial charge in [0.1, 0.15) is 0 Å². The quantitative estimate of drug-likeness (QED) is 0.338. The van der Waals surface area contributed by atoms with Gasteiger partial charge in [-0.05, 0) is 12.6 Å². The van der Waals surface area contributed by atoms with E-state index >= 15 is 0 Å². The Balaban J connectivity index is 2.00. The topological polar surface area (TPSA) is 18.5 Å². The van der Waals surface area contributed by atoms with E-state index in [9.17, 15) is 0 Å². The van der Waals surface area contributed by atoms with Crippen molar-refractivity contribution >= 4 is 8.81 Å². The van der Waals surface area contributed by atoms with E-state index in [-0.39, 0.29) is 0 Å². The third kappa shape index (κ3) is 1.21. The first kappa shape index (κ1) is 4.51. The summed E-state index contributed by atoms with van der Waals surface area (Å²) in [6, 6.07) is 0. The molecule has 36 valence electrons. The Morgan fingerprint density at radius 1 is 1.50 bits per heavy atom. The van der Waals surface area contributed by atoms with Crippen LogP contribution in [0, 0.1) is 0 Å². The van der Waals surface area contributed by atoms with Crippen LogP contribution >= 0.6 is 8.81 Å². The van der Waals surface area contributed by atoms with E-state index in [4.69, 9.17) is 0 Å². The van der Waals surface area contributed by atoms with Crippen LogP contribution in [0.3, 0.4) is 0 Å². The Hall–Kier alpha value is 0.350. The van der Waals surface area contributed by atoms with E-state index < -0.39 is 0 Å². The lowest BCUT2D eigenvalue weighted by Gasteiger charge is -2.07. The molecule has 1 aliphatic heterocycles. The molecule has 2 nitrogen and oxygen atoms in total. The van der Waals surface area contributed by atoms with Crippen molar-refractivity contribution in [1.29, 1.82) is 0 Å². The minimum Gasteiger partial charge on any atom is -0.234 e. The fourth-order valence-corrected chi connectivity index (χ4v) is 0.867. The average Bonchev–Trinajstić information content (AvgIpc) is 1.72. The standard InChI is InChI=1S/C3H7O2P/c1-2-4-5-6-3-1/h6H,1-3H2. The molecule has 0 aromatic heterocycles. The van der Waals surface area contributed by atoms with E-state index in [0.29, 0.717) is 8.81 Å². The Labute approximate surface area is 38.6 Å². The third-order valence-electron chi connectivity index (χ3n) is 0.624. The van der Waals surface area contributed by atoms with Gasteiger partial charge in [-0.3, -0.25) is 0 Å². The summed E-state index contributed by atoms with van der Waals surface area (Å²) in [7, 11) is 0.579. The summed E-state index contributed by atoms with van der Waals surface area (Å²) in [6.07, 6.45) is 2.35. The summed E-state index contributed by atoms with van der Waals surface area (Å²) >= 11 is 0. The van der Waals surface area contributed by atoms with Gasteiger partial charge in [-0.25, -0.2) is 9.56 Å². The van der Waals surface area contributed by atoms with Crippen LogP contribution < -0.4 is 0 Å². The molecule has 0 amide bonds. The molecule has 1 rings (SSSR count). The molecule has 1 unspecified atom stereocenters. The number of hydrogen-bond donors (Lipinski definition) is 0. The third-order valence-corrected chi connectivity index (χ3v) is 1.42. The lowest BCUT2D eigenvalue weighted by Crippen LogP contribution is -1.98. The van der Waals surface area contributed by atoms with Crippen molar-refractivity contribution in [2.75, 3.05) is 12.8 Å². The van der Waals surface area contributed by atoms with Crippen LogP contribution in [0.2, 0.25) is 0 Å². The van der Waals surface area contributed by atoms with Crippen LogP contribution in [0.1, 0.15) is 6.42 Å². The molecule has 0 aromatic carbocycles. The van der Waals surface area contributed by atoms with Gasteiger partial charge >= 0.3 is 0 Å². The molecule has 1 aliphatic rings. The van der Waals surface area contributed by atoms with Crippen molar-refractivity contribution in [2.45, 2.75) is 6.42 Å². The minimum atomic E-state index is 0.579. The van der Waals surface area contributed by atoms with Crippen LogP contribution in [0.5, 0.6) is 0 Å². The van der Waals surface area contributed by atoms with Gasteiger partial charge in [0, 0.05) is 0 Å². The van der Waals surface area contributed by atoms with E-state index in [1.54, 1.807) is 0 Å². The summed E-state index contributed by atoms with van der Waals surface area (Å²) in [5.74, 6) is 0. The normalized spacial score (nSPS) is 28.0. The average molecular weight is 106 g/mol. The van der Waals surface area contributed by atoms with Crippen molar-refractivity contribution in [3.63, 3.8) is 0 Å². The Morgan fingerprint density at radius 3 is 2.67 bits per heavy atom. The molecule has 0 saturated carbocycles. The molecule has 0 aliphatic carbocycles. The van der Waals surface area contributed by atoms with E-state index in [2.05, 4.69) is 9.56 Å². The highest BCUT2D eigenvalue weighted by Crippen LogP contribution is 2.17. The first-order valence-corrected chi connectivity index (χ1v) is 3.13. The van der Waals surface area contributed by atoms with Crippen LogP contribution in [0.4, 0.5) is 0 Å². The molecule has 1 atom stereocenters. The fourth-order valence-electron chi connectivity index (χ4n) is 0.328. The maximum absolute atomic E-state index is 4.60. The number of rotatable bonds is 0. The van der Waals surface area contributed by atoms with E-state index in [1.807, 2.05) is 0 Å². The molecule has 6 heavy (non-hydrogen) atoms. The Kier molecular flexibility index (Phi) is 1.89. The molecule has 0 spiro atoms. The smallest absolute Gasteiger partial charge is 0.0829 e. The largest absolute Gasteiger partial charge is 0.234 e. The monoisotopic (exact) mass is 106 g/mol. The summed E-state index contributed by atoms with van der Waals surface area (Å²) < 4.78 is 4.60. The van der Waals surface area contributed by atoms with Crippen molar-refractivity contribution in [1.82, 2.24) is 0 Å². The molecule has 1 fully saturated rings. The van der Waals surface area contributed by atoms with Gasteiger partial charge < -0.3 is 0 Å². The van der Waals surface area contributed by atoms with E-state index in [1.165, 1.54) is 12.6 Å². The van der Waals surface area contributed by atoms with Crippen molar-refractivity contribution in [3.8, 4) is 0 Å². The highest BCUT2D eigenvalue weighted by Gasteiger charge is 1.96. The molecule has 0 aromatic rings. The second-order valence-electron chi connectivity index (χ2n) is 1.15. The zero-order valence-electron chi connectivity index (χ0n) is 3.44. The van der Waals surface area contributed by atoms with Crippen molar-refractivity contribution in [2.24, 2.45) is 0 Å². The molecule has 0 radical (unpaired) electrons. The van der Waals surface area contributed by atoms with Crippen molar-refractivity contribution in [3.05, 3.63) is 0 Å². The molecule has 0 N–H and O–H groups in total. The maximum Gasteiger partial charge on any atom is 0.0829 e. The minimum absolute atomic E-state index is 0.579. The molecule has 0 bridgehead atoms. The van der Waals surface area contributed by atoms with Gasteiger partial charge in [0.25, 0.3) is 0 Å². The van der Waals surface area contributed by atoms with Gasteiger partial charge in [-0.2, -0.15) is 0 Å². The maximum atomic E-state index is 4.60. The Morgan fingerprint density at radius 2 is 2.50 bits per heavy atom. The van der Waals surface area contributed by atoms with Gasteiger partial charge in [-0.1, -0.05) is 0 Å². The molecule has 1 saturated heterocycles. The lowest BCUT2D eigenvalue weighted by atomic mass is 10.5. The van der Waals surface area contributed by atoms with Gasteiger partial charge in [0.15, 0.2) is 0 Å². The molecular formula is C3H7O2P. The zero-order chi connectivity index (χ0) is 4.24. The van der Waals surface area contributed by atoms with Gasteiger partial charge in [0.2, 0.25) is 0 Å². The lowest BCUT2D eigenvalue weighted by molar-refractivity contribution is -0.202. The van der Waals surface area contributed by atoms with Crippen molar-refractivity contribution < 1.29 is 9.56 Å². The molecule has 1 heterocycles. The van der Waals surface area contributed by atoms with Crippen LogP contribution in [0.25, 0.3) is 0 Å². The second-order valence-corrected chi connectivity index (χ2v) is 2.11. The van der Waals surface area contributed by atoms with Crippen LogP contribution in [-0.2, 0) is 9.56 Å². The van der Waals surface area contributed by atoms with E-state index in [0.717, 1.165) is 6.61 Å². The highest BCUT2D eigenvalue weighted by atomic mass is 31.1. The van der Waals surface area contributed by atoms with Crippen LogP contribution in [0.15, 0.2) is 0 Å². The highest BCUT2D eigenvalue weighted by molar-refractivity contribution is 7.32. The Bertz CT molecular complexity index is 24.3. The first-order chi connectivity index (χ1) is 3.00. The van der Waals surface area contributed by atoms with Gasteiger partial charge in [-0.15, -0.1) is 0 Å². The summed E-state index contributed by atoms with van der Waals surface area (Å²) in [5.41, 5.74) is 0. The zero-order valence-corrected chi connectivity index (χ0v) is 4.44. The predicted octanol–water partition coefficient (Wildman–Crippen LogP) is 0.932. The fraction of sp³-hybridized carbons (Fsp3) is 1.00. The summed E-state index contributed by atoms with van der Waals surface area (Å²) in [6.45, 7) is 0.785. The van der Waals surface area contributed by atoms with Crippen LogP contribution in [-0.4, -0.2) is 12.8 Å². The second kappa shape index (κ2) is 2.51.